The molecule has 0 saturated carbocycles. The van der Waals surface area contributed by atoms with Gasteiger partial charge < -0.3 is 4.89 Å². The van der Waals surface area contributed by atoms with Gasteiger partial charge in [-0.05, 0) is 4.57 Å². The van der Waals surface area contributed by atoms with Gasteiger partial charge in [0, 0.05) is 0 Å². The molecule has 0 aliphatic rings. The monoisotopic (exact) mass is 158 g/mol. The summed E-state index contributed by atoms with van der Waals surface area (Å²) in [4.78, 5) is 16.2. The van der Waals surface area contributed by atoms with Crippen LogP contribution in [0.3, 0.4) is 0 Å². The standard InChI is InChI=1S/CH5NO4P2/c2-8(5,6)1-7(3)4/h1H2,(H3-,2,3,4,5,6)/p+1. The Kier molecular flexibility index (Phi) is 2.74. The van der Waals surface area contributed by atoms with Gasteiger partial charge in [0.1, 0.15) is 0 Å². The van der Waals surface area contributed by atoms with Gasteiger partial charge in [0.05, 0.1) is 0 Å². The van der Waals surface area contributed by atoms with E-state index in [1.165, 1.54) is 0 Å². The van der Waals surface area contributed by atoms with Crippen molar-refractivity contribution >= 4 is 15.5 Å². The lowest BCUT2D eigenvalue weighted by molar-refractivity contribution is 0.477. The minimum atomic E-state index is -3.76. The molecule has 0 fully saturated rings. The molecule has 2 unspecified atom stereocenters. The van der Waals surface area contributed by atoms with E-state index in [1.54, 1.807) is 0 Å². The summed E-state index contributed by atoms with van der Waals surface area (Å²) in [6.45, 7) is 0. The van der Waals surface area contributed by atoms with Gasteiger partial charge in [-0.3, -0.25) is 10.1 Å². The molecule has 0 aromatic carbocycles. The maximum atomic E-state index is 10.0. The summed E-state index contributed by atoms with van der Waals surface area (Å²) >= 11 is 0. The summed E-state index contributed by atoms with van der Waals surface area (Å²) in [5.41, 5.74) is 4.50. The molecule has 0 radical (unpaired) electrons. The quantitative estimate of drug-likeness (QED) is 0.484. The minimum Gasteiger partial charge on any atom is -0.330 e. The minimum absolute atomic E-state index is 0.720. The van der Waals surface area contributed by atoms with E-state index in [0.717, 1.165) is 0 Å². The van der Waals surface area contributed by atoms with E-state index in [9.17, 15) is 9.13 Å². The molecule has 0 aliphatic heterocycles. The van der Waals surface area contributed by atoms with Crippen LogP contribution in [0.4, 0.5) is 0 Å². The molecule has 0 spiro atoms. The Morgan fingerprint density at radius 2 is 2.12 bits per heavy atom. The molecule has 0 bridgehead atoms. The molecule has 0 amide bonds. The molecular formula is CH6NO4P2+. The van der Waals surface area contributed by atoms with Gasteiger partial charge in [-0.1, -0.05) is 0 Å². The van der Waals surface area contributed by atoms with Gasteiger partial charge in [0.2, 0.25) is 0 Å². The Morgan fingerprint density at radius 3 is 2.12 bits per heavy atom. The molecule has 2 atom stereocenters. The first-order valence-electron chi connectivity index (χ1n) is 1.66. The molecule has 0 heterocycles. The molecule has 7 heteroatoms. The largest absolute Gasteiger partial charge is 0.517 e. The Morgan fingerprint density at radius 1 is 1.75 bits per heavy atom. The summed E-state index contributed by atoms with van der Waals surface area (Å²) in [5.74, 6) is -0.720. The van der Waals surface area contributed by atoms with Crippen molar-refractivity contribution < 1.29 is 18.9 Å². The lowest BCUT2D eigenvalue weighted by Crippen LogP contribution is -1.93. The Labute approximate surface area is 46.9 Å². The molecule has 48 valence electrons. The number of rotatable bonds is 2. The van der Waals surface area contributed by atoms with Crippen LogP contribution in [0.2, 0.25) is 0 Å². The van der Waals surface area contributed by atoms with Crippen molar-refractivity contribution in [1.82, 2.24) is 0 Å². The highest BCUT2D eigenvalue weighted by Crippen LogP contribution is 2.39. The predicted octanol–water partition coefficient (Wildman–Crippen LogP) is -0.177. The highest BCUT2D eigenvalue weighted by Gasteiger charge is 2.25. The third-order valence-electron chi connectivity index (χ3n) is 0.324. The van der Waals surface area contributed by atoms with Crippen molar-refractivity contribution in [1.29, 1.82) is 0 Å². The highest BCUT2D eigenvalue weighted by molar-refractivity contribution is 7.66. The summed E-state index contributed by atoms with van der Waals surface area (Å²) in [7, 11) is -6.33. The maximum Gasteiger partial charge on any atom is 0.517 e. The molecule has 0 aliphatic carbocycles. The Bertz CT molecular complexity index is 137. The summed E-state index contributed by atoms with van der Waals surface area (Å²) in [5, 5.41) is 0. The van der Waals surface area contributed by atoms with Crippen molar-refractivity contribution in [3.63, 3.8) is 0 Å². The van der Waals surface area contributed by atoms with Gasteiger partial charge in [-0.2, -0.15) is 4.89 Å². The van der Waals surface area contributed by atoms with E-state index >= 15 is 0 Å². The number of nitrogens with two attached hydrogens (primary N) is 1. The second-order valence-corrected chi connectivity index (χ2v) is 4.60. The molecular weight excluding hydrogens is 152 g/mol. The summed E-state index contributed by atoms with van der Waals surface area (Å²) in [6, 6.07) is 0. The smallest absolute Gasteiger partial charge is 0.330 e. The molecule has 0 aromatic rings. The maximum absolute atomic E-state index is 10.0. The first-order chi connectivity index (χ1) is 3.42. The van der Waals surface area contributed by atoms with Gasteiger partial charge in [0.15, 0.2) is 0 Å². The summed E-state index contributed by atoms with van der Waals surface area (Å²) in [6.07, 6.45) is 0. The molecule has 4 N–H and O–H groups in total. The molecule has 5 nitrogen and oxygen atoms in total. The fourth-order valence-electron chi connectivity index (χ4n) is 0.173. The van der Waals surface area contributed by atoms with Crippen LogP contribution in [-0.2, 0) is 9.13 Å². The van der Waals surface area contributed by atoms with Crippen molar-refractivity contribution in [2.75, 3.05) is 5.90 Å². The highest BCUT2D eigenvalue weighted by atomic mass is 31.2. The van der Waals surface area contributed by atoms with Crippen LogP contribution in [0.1, 0.15) is 0 Å². The zero-order valence-corrected chi connectivity index (χ0v) is 5.68. The van der Waals surface area contributed by atoms with Gasteiger partial charge >= 0.3 is 15.5 Å². The van der Waals surface area contributed by atoms with E-state index in [0.29, 0.717) is 0 Å². The fourth-order valence-corrected chi connectivity index (χ4v) is 1.56. The van der Waals surface area contributed by atoms with E-state index in [1.807, 2.05) is 0 Å². The van der Waals surface area contributed by atoms with Crippen LogP contribution in [0.15, 0.2) is 0 Å². The van der Waals surface area contributed by atoms with E-state index in [4.69, 9.17) is 9.79 Å². The molecule has 8 heavy (non-hydrogen) atoms. The average molecular weight is 158 g/mol. The average Bonchev–Trinajstić information content (AvgIpc) is 1.21. The third-order valence-corrected chi connectivity index (χ3v) is 2.91. The van der Waals surface area contributed by atoms with Crippen LogP contribution < -0.4 is 5.50 Å². The molecule has 0 saturated heterocycles. The van der Waals surface area contributed by atoms with E-state index < -0.39 is 21.5 Å². The van der Waals surface area contributed by atoms with Crippen LogP contribution in [0.25, 0.3) is 0 Å². The first kappa shape index (κ1) is 8.21. The first-order valence-corrected chi connectivity index (χ1v) is 4.97. The number of hydrogen-bond acceptors (Lipinski definition) is 2. The summed E-state index contributed by atoms with van der Waals surface area (Å²) < 4.78 is 19.8. The van der Waals surface area contributed by atoms with Crippen LogP contribution in [0.5, 0.6) is 0 Å². The van der Waals surface area contributed by atoms with Gasteiger partial charge in [-0.15, -0.1) is 0 Å². The second-order valence-electron chi connectivity index (χ2n) is 1.25. The normalized spacial score (nSPS) is 19.6. The lowest BCUT2D eigenvalue weighted by atomic mass is 11.9. The third kappa shape index (κ3) is 6.21. The number of hydrogen-bond donors (Lipinski definition) is 3. The van der Waals surface area contributed by atoms with Crippen molar-refractivity contribution in [2.45, 2.75) is 0 Å². The second kappa shape index (κ2) is 2.67. The van der Waals surface area contributed by atoms with E-state index in [-0.39, 0.29) is 0 Å². The van der Waals surface area contributed by atoms with Gasteiger partial charge in [-0.25, -0.2) is 0 Å². The van der Waals surface area contributed by atoms with Crippen molar-refractivity contribution in [2.24, 2.45) is 5.50 Å². The molecule has 0 aromatic heterocycles. The van der Waals surface area contributed by atoms with Crippen LogP contribution in [0, 0.1) is 0 Å². The Hall–Kier alpha value is 0.210. The van der Waals surface area contributed by atoms with E-state index in [2.05, 4.69) is 5.50 Å². The zero-order chi connectivity index (χ0) is 6.78. The predicted molar refractivity (Wildman–Crippen MR) is 28.7 cm³/mol. The SMILES string of the molecule is NP(=O)(O)C[P+](=O)O. The fraction of sp³-hybridized carbons (Fsp3) is 1.00. The van der Waals surface area contributed by atoms with Crippen LogP contribution >= 0.6 is 15.5 Å². The van der Waals surface area contributed by atoms with Crippen molar-refractivity contribution in [3.05, 3.63) is 0 Å². The van der Waals surface area contributed by atoms with Crippen molar-refractivity contribution in [3.8, 4) is 0 Å². The zero-order valence-electron chi connectivity index (χ0n) is 3.89. The Balaban J connectivity index is 3.74. The lowest BCUT2D eigenvalue weighted by Gasteiger charge is -1.89. The van der Waals surface area contributed by atoms with Gasteiger partial charge in [0.25, 0.3) is 5.90 Å². The molecule has 0 rings (SSSR count). The topological polar surface area (TPSA) is 101 Å². The van der Waals surface area contributed by atoms with Crippen LogP contribution in [-0.4, -0.2) is 15.7 Å².